The fourth-order valence-electron chi connectivity index (χ4n) is 8.16. The van der Waals surface area contributed by atoms with E-state index in [1.165, 1.54) is 0 Å². The number of hydrogen-bond donors (Lipinski definition) is 0. The van der Waals surface area contributed by atoms with Crippen LogP contribution >= 0.6 is 13.7 Å². The molecule has 0 radical (unpaired) electrons. The van der Waals surface area contributed by atoms with E-state index < -0.39 is 37.4 Å². The van der Waals surface area contributed by atoms with E-state index in [0.717, 1.165) is 37.4 Å². The molecule has 1 saturated carbocycles. The average molecular weight is 737 g/mol. The van der Waals surface area contributed by atoms with Crippen LogP contribution in [0.25, 0.3) is 0 Å². The molecule has 0 aliphatic heterocycles. The van der Waals surface area contributed by atoms with Gasteiger partial charge in [0.25, 0.3) is 0 Å². The second-order valence-corrected chi connectivity index (χ2v) is 23.8. The van der Waals surface area contributed by atoms with Crippen LogP contribution in [0.15, 0.2) is 194 Å². The molecule has 1 aliphatic rings. The zero-order valence-electron chi connectivity index (χ0n) is 30.3. The van der Waals surface area contributed by atoms with Gasteiger partial charge < -0.3 is 0 Å². The summed E-state index contributed by atoms with van der Waals surface area (Å²) in [5, 5.41) is 5.56. The Balaban J connectivity index is 1.37. The third kappa shape index (κ3) is 6.15. The van der Waals surface area contributed by atoms with Crippen molar-refractivity contribution >= 4 is 57.4 Å². The molecule has 2 atom stereocenters. The van der Waals surface area contributed by atoms with Crippen molar-refractivity contribution in [3.8, 4) is 0 Å². The van der Waals surface area contributed by atoms with E-state index in [0.29, 0.717) is 19.3 Å². The Morgan fingerprint density at radius 2 is 0.698 bits per heavy atom. The second-order valence-electron chi connectivity index (χ2n) is 14.5. The van der Waals surface area contributed by atoms with Crippen LogP contribution in [-0.4, -0.2) is 25.3 Å². The van der Waals surface area contributed by atoms with Crippen LogP contribution in [0, 0.1) is 11.8 Å². The van der Waals surface area contributed by atoms with Crippen molar-refractivity contribution in [1.29, 1.82) is 0 Å². The fraction of sp³-hybridized carbons (Fsp3) is 0.149. The van der Waals surface area contributed by atoms with Crippen molar-refractivity contribution in [1.82, 2.24) is 0 Å². The van der Waals surface area contributed by atoms with Gasteiger partial charge in [-0.2, -0.15) is 0 Å². The number of rotatable bonds is 10. The summed E-state index contributed by atoms with van der Waals surface area (Å²) in [6.45, 7) is 0.683. The number of benzene rings is 6. The Bertz CT molecular complexity index is 2010. The first-order valence-electron chi connectivity index (χ1n) is 18.2. The number of allylic oxidation sites excluding steroid dienone is 1. The molecule has 0 bridgehead atoms. The van der Waals surface area contributed by atoms with Crippen LogP contribution in [0.2, 0.25) is 0 Å². The minimum atomic E-state index is -3.93. The van der Waals surface area contributed by atoms with E-state index in [2.05, 4.69) is 92.7 Å². The summed E-state index contributed by atoms with van der Waals surface area (Å²) in [5.74, 6) is -2.36. The third-order valence-corrected chi connectivity index (χ3v) is 21.8. The fourth-order valence-corrected chi connectivity index (χ4v) is 17.1. The summed E-state index contributed by atoms with van der Waals surface area (Å²) >= 11 is 0. The van der Waals surface area contributed by atoms with E-state index in [-0.39, 0.29) is 0 Å². The predicted molar refractivity (Wildman–Crippen MR) is 224 cm³/mol. The molecular weight excluding hydrogens is 690 g/mol. The number of carbonyl (C=O) groups excluding carboxylic acids is 2. The molecule has 0 spiro atoms. The Kier molecular flexibility index (Phi) is 9.81. The van der Waals surface area contributed by atoms with Gasteiger partial charge in [-0.05, 0) is 0 Å². The molecule has 7 rings (SSSR count). The molecule has 0 saturated heterocycles. The van der Waals surface area contributed by atoms with E-state index in [9.17, 15) is 0 Å². The normalized spacial score (nSPS) is 17.7. The summed E-state index contributed by atoms with van der Waals surface area (Å²) in [6, 6.07) is 60.4. The Morgan fingerprint density at radius 3 is 0.962 bits per heavy atom. The third-order valence-electron chi connectivity index (χ3n) is 11.3. The molecule has 1 aliphatic carbocycles. The van der Waals surface area contributed by atoms with Gasteiger partial charge >= 0.3 is 315 Å². The van der Waals surface area contributed by atoms with Crippen molar-refractivity contribution in [2.24, 2.45) is 11.8 Å². The van der Waals surface area contributed by atoms with Gasteiger partial charge in [0.2, 0.25) is 0 Å². The van der Waals surface area contributed by atoms with Gasteiger partial charge in [0, 0.05) is 0 Å². The molecule has 1 fully saturated rings. The summed E-state index contributed by atoms with van der Waals surface area (Å²) in [6.07, 6.45) is 1.39. The van der Waals surface area contributed by atoms with Crippen molar-refractivity contribution in [3.05, 3.63) is 194 Å². The average Bonchev–Trinajstić information content (AvgIpc) is 3.22. The molecule has 4 nitrogen and oxygen atoms in total. The maximum atomic E-state index is 15.2. The van der Waals surface area contributed by atoms with Gasteiger partial charge in [-0.15, -0.1) is 0 Å². The van der Waals surface area contributed by atoms with E-state index >= 15 is 9.59 Å². The van der Waals surface area contributed by atoms with E-state index in [1.54, 1.807) is 0 Å². The van der Waals surface area contributed by atoms with Crippen molar-refractivity contribution < 1.29 is 18.6 Å². The van der Waals surface area contributed by atoms with E-state index in [1.807, 2.05) is 109 Å². The monoisotopic (exact) mass is 736 g/mol. The molecule has 53 heavy (non-hydrogen) atoms. The maximum absolute atomic E-state index is 15.2. The standard InChI is InChI=1S/C47H46O4P2/c1-37-34-35-44(46(48)50-52(2,38-22-10-4-11-23-38,39-24-12-5-13-25-39)40-26-14-6-15-27-40)45(36-37)47(49)51-53(3,41-28-16-7-17-29-41,42-30-18-8-19-31-42)43-32-20-9-21-33-43/h4-33,44-45H,1,34-36H2,2-3H3/t44-,45-/m1/s1. The zero-order valence-corrected chi connectivity index (χ0v) is 32.1. The minimum absolute atomic E-state index is 0.338. The molecule has 6 aromatic rings. The first-order chi connectivity index (χ1) is 25.7. The summed E-state index contributed by atoms with van der Waals surface area (Å²) in [4.78, 5) is 30.4. The van der Waals surface area contributed by atoms with Gasteiger partial charge in [-0.25, -0.2) is 0 Å². The topological polar surface area (TPSA) is 52.6 Å². The van der Waals surface area contributed by atoms with Crippen LogP contribution in [0.5, 0.6) is 0 Å². The molecule has 0 amide bonds. The van der Waals surface area contributed by atoms with Crippen molar-refractivity contribution in [2.45, 2.75) is 19.3 Å². The molecule has 0 N–H and O–H groups in total. The van der Waals surface area contributed by atoms with Crippen LogP contribution < -0.4 is 31.8 Å². The van der Waals surface area contributed by atoms with Gasteiger partial charge in [0.15, 0.2) is 0 Å². The van der Waals surface area contributed by atoms with Gasteiger partial charge in [0.1, 0.15) is 0 Å². The van der Waals surface area contributed by atoms with Crippen LogP contribution in [0.3, 0.4) is 0 Å². The van der Waals surface area contributed by atoms with Crippen LogP contribution in [0.1, 0.15) is 19.3 Å². The Labute approximate surface area is 313 Å². The first-order valence-corrected chi connectivity index (χ1v) is 23.4. The first kappa shape index (κ1) is 36.2. The van der Waals surface area contributed by atoms with Gasteiger partial charge in [0.05, 0.1) is 0 Å². The Morgan fingerprint density at radius 1 is 0.453 bits per heavy atom. The van der Waals surface area contributed by atoms with Crippen molar-refractivity contribution in [3.63, 3.8) is 0 Å². The molecular formula is C47H46O4P2. The Hall–Kier alpha value is -5.14. The summed E-state index contributed by atoms with van der Waals surface area (Å²) in [7, 11) is 0. The molecule has 0 heterocycles. The zero-order chi connectivity index (χ0) is 37.0. The molecule has 0 unspecified atom stereocenters. The number of hydrogen-bond acceptors (Lipinski definition) is 4. The summed E-state index contributed by atoms with van der Waals surface area (Å²) in [5.41, 5.74) is 0.926. The SMILES string of the molecule is C=C1CC[C@@H](C(=O)OP(C)(c2ccccc2)(c2ccccc2)c2ccccc2)[C@H](C(=O)OP(C)(c2ccccc2)(c2ccccc2)c2ccccc2)C1. The summed E-state index contributed by atoms with van der Waals surface area (Å²) < 4.78 is 14.4. The van der Waals surface area contributed by atoms with Gasteiger partial charge in [-0.1, -0.05) is 0 Å². The quantitative estimate of drug-likeness (QED) is 0.105. The van der Waals surface area contributed by atoms with Gasteiger partial charge in [-0.3, -0.25) is 0 Å². The molecule has 6 aromatic carbocycles. The molecule has 268 valence electrons. The van der Waals surface area contributed by atoms with Crippen LogP contribution in [0.4, 0.5) is 0 Å². The second kappa shape index (κ2) is 14.4. The molecule has 6 heteroatoms. The number of carbonyl (C=O) groups is 2. The van der Waals surface area contributed by atoms with E-state index in [4.69, 9.17) is 9.05 Å². The molecule has 0 aromatic heterocycles. The van der Waals surface area contributed by atoms with Crippen molar-refractivity contribution in [2.75, 3.05) is 13.3 Å². The predicted octanol–water partition coefficient (Wildman–Crippen LogP) is 8.19. The van der Waals surface area contributed by atoms with Crippen LogP contribution in [-0.2, 0) is 18.6 Å².